The zero-order valence-electron chi connectivity index (χ0n) is 15.2. The minimum absolute atomic E-state index is 0.512. The van der Waals surface area contributed by atoms with Crippen LogP contribution in [0.15, 0.2) is 30.3 Å². The lowest BCUT2D eigenvalue weighted by atomic mass is 9.89. The maximum Gasteiger partial charge on any atom is 0.212 e. The number of halogens is 1. The summed E-state index contributed by atoms with van der Waals surface area (Å²) in [6.45, 7) is 2.29. The number of hydrogen-bond acceptors (Lipinski definition) is 3. The third-order valence-electron chi connectivity index (χ3n) is 4.70. The molecule has 0 radical (unpaired) electrons. The first-order valence-electron chi connectivity index (χ1n) is 9.19. The SMILES string of the molecule is CN(C)Cc1cc(OCc2cccc(Cl)c2)n(CC2CCCCC2)n1. The molecule has 0 saturated heterocycles. The van der Waals surface area contributed by atoms with Crippen LogP contribution in [0.25, 0.3) is 0 Å². The van der Waals surface area contributed by atoms with E-state index in [1.54, 1.807) is 0 Å². The molecule has 1 aromatic carbocycles. The van der Waals surface area contributed by atoms with Crippen molar-refractivity contribution in [1.82, 2.24) is 14.7 Å². The molecule has 136 valence electrons. The van der Waals surface area contributed by atoms with Crippen LogP contribution in [0.4, 0.5) is 0 Å². The molecule has 0 aliphatic heterocycles. The van der Waals surface area contributed by atoms with Crippen molar-refractivity contribution in [2.75, 3.05) is 14.1 Å². The highest BCUT2D eigenvalue weighted by molar-refractivity contribution is 6.30. The van der Waals surface area contributed by atoms with Crippen molar-refractivity contribution in [2.24, 2.45) is 5.92 Å². The van der Waals surface area contributed by atoms with Gasteiger partial charge < -0.3 is 9.64 Å². The second-order valence-electron chi connectivity index (χ2n) is 7.32. The Kier molecular flexibility index (Phi) is 6.38. The lowest BCUT2D eigenvalue weighted by Crippen LogP contribution is -2.17. The number of ether oxygens (including phenoxy) is 1. The normalized spacial score (nSPS) is 15.7. The van der Waals surface area contributed by atoms with E-state index in [1.165, 1.54) is 32.1 Å². The molecule has 5 heteroatoms. The number of rotatable bonds is 7. The highest BCUT2D eigenvalue weighted by Crippen LogP contribution is 2.27. The quantitative estimate of drug-likeness (QED) is 0.712. The van der Waals surface area contributed by atoms with Gasteiger partial charge in [-0.2, -0.15) is 5.10 Å². The van der Waals surface area contributed by atoms with Crippen LogP contribution in [-0.2, 0) is 19.7 Å². The molecule has 1 saturated carbocycles. The van der Waals surface area contributed by atoms with Crippen LogP contribution in [-0.4, -0.2) is 28.8 Å². The van der Waals surface area contributed by atoms with Gasteiger partial charge in [0, 0.05) is 24.2 Å². The van der Waals surface area contributed by atoms with Gasteiger partial charge in [0.1, 0.15) is 6.61 Å². The van der Waals surface area contributed by atoms with Crippen LogP contribution in [0, 0.1) is 5.92 Å². The Hall–Kier alpha value is -1.52. The fourth-order valence-corrected chi connectivity index (χ4v) is 3.71. The molecular weight excluding hydrogens is 334 g/mol. The van der Waals surface area contributed by atoms with Gasteiger partial charge in [-0.1, -0.05) is 43.0 Å². The molecule has 0 atom stereocenters. The van der Waals surface area contributed by atoms with Crippen LogP contribution in [0.5, 0.6) is 5.88 Å². The Labute approximate surface area is 155 Å². The van der Waals surface area contributed by atoms with Crippen LogP contribution in [0.1, 0.15) is 43.4 Å². The average molecular weight is 362 g/mol. The molecule has 0 bridgehead atoms. The predicted octanol–water partition coefficient (Wildman–Crippen LogP) is 4.76. The number of aromatic nitrogens is 2. The van der Waals surface area contributed by atoms with Crippen molar-refractivity contribution in [3.8, 4) is 5.88 Å². The molecule has 0 amide bonds. The first-order chi connectivity index (χ1) is 12.1. The third-order valence-corrected chi connectivity index (χ3v) is 4.94. The first-order valence-corrected chi connectivity index (χ1v) is 9.56. The predicted molar refractivity (Wildman–Crippen MR) is 102 cm³/mol. The van der Waals surface area contributed by atoms with Gasteiger partial charge in [-0.05, 0) is 50.6 Å². The van der Waals surface area contributed by atoms with Gasteiger partial charge in [0.25, 0.3) is 0 Å². The summed E-state index contributed by atoms with van der Waals surface area (Å²) in [5.41, 5.74) is 2.13. The van der Waals surface area contributed by atoms with Gasteiger partial charge in [-0.3, -0.25) is 0 Å². The smallest absolute Gasteiger partial charge is 0.212 e. The van der Waals surface area contributed by atoms with E-state index in [0.29, 0.717) is 6.61 Å². The Bertz CT molecular complexity index is 677. The molecule has 25 heavy (non-hydrogen) atoms. The topological polar surface area (TPSA) is 30.3 Å². The zero-order valence-corrected chi connectivity index (χ0v) is 16.0. The summed E-state index contributed by atoms with van der Waals surface area (Å²) >= 11 is 6.07. The molecule has 0 spiro atoms. The summed E-state index contributed by atoms with van der Waals surface area (Å²) in [6, 6.07) is 9.90. The van der Waals surface area contributed by atoms with Gasteiger partial charge in [0.05, 0.1) is 5.69 Å². The molecule has 1 aliphatic rings. The number of benzene rings is 1. The molecule has 1 fully saturated rings. The Morgan fingerprint density at radius 2 is 2.00 bits per heavy atom. The summed E-state index contributed by atoms with van der Waals surface area (Å²) in [6.07, 6.45) is 6.66. The minimum atomic E-state index is 0.512. The van der Waals surface area contributed by atoms with Crippen molar-refractivity contribution in [1.29, 1.82) is 0 Å². The van der Waals surface area contributed by atoms with E-state index < -0.39 is 0 Å². The molecule has 2 aromatic rings. The van der Waals surface area contributed by atoms with Crippen molar-refractivity contribution in [3.05, 3.63) is 46.6 Å². The zero-order chi connectivity index (χ0) is 17.6. The molecule has 0 unspecified atom stereocenters. The first kappa shape index (κ1) is 18.3. The number of hydrogen-bond donors (Lipinski definition) is 0. The van der Waals surface area contributed by atoms with Gasteiger partial charge in [-0.15, -0.1) is 0 Å². The largest absolute Gasteiger partial charge is 0.473 e. The highest BCUT2D eigenvalue weighted by atomic mass is 35.5. The van der Waals surface area contributed by atoms with E-state index in [9.17, 15) is 0 Å². The maximum absolute atomic E-state index is 6.11. The molecule has 4 nitrogen and oxygen atoms in total. The summed E-state index contributed by atoms with van der Waals surface area (Å²) in [7, 11) is 4.12. The van der Waals surface area contributed by atoms with Gasteiger partial charge >= 0.3 is 0 Å². The van der Waals surface area contributed by atoms with Crippen molar-refractivity contribution in [2.45, 2.75) is 51.8 Å². The van der Waals surface area contributed by atoms with Crippen LogP contribution < -0.4 is 4.74 Å². The summed E-state index contributed by atoms with van der Waals surface area (Å²) in [5, 5.41) is 5.54. The van der Waals surface area contributed by atoms with Crippen molar-refractivity contribution >= 4 is 11.6 Å². The molecule has 0 N–H and O–H groups in total. The average Bonchev–Trinajstić information content (AvgIpc) is 2.94. The second-order valence-corrected chi connectivity index (χ2v) is 7.75. The molecule has 1 aliphatic carbocycles. The standard InChI is InChI=1S/C20H28ClN3O/c1-23(2)14-19-12-20(25-15-17-9-6-10-18(21)11-17)24(22-19)13-16-7-4-3-5-8-16/h6,9-12,16H,3-5,7-8,13-15H2,1-2H3. The molecular formula is C20H28ClN3O. The monoisotopic (exact) mass is 361 g/mol. The van der Waals surface area contributed by atoms with Gasteiger partial charge in [0.15, 0.2) is 0 Å². The second kappa shape index (κ2) is 8.72. The van der Waals surface area contributed by atoms with Crippen LogP contribution in [0.2, 0.25) is 5.02 Å². The maximum atomic E-state index is 6.11. The van der Waals surface area contributed by atoms with E-state index in [2.05, 4.69) is 29.7 Å². The summed E-state index contributed by atoms with van der Waals surface area (Å²) in [4.78, 5) is 2.13. The Morgan fingerprint density at radius 3 is 2.72 bits per heavy atom. The highest BCUT2D eigenvalue weighted by Gasteiger charge is 2.18. The van der Waals surface area contributed by atoms with Gasteiger partial charge in [-0.25, -0.2) is 4.68 Å². The Morgan fingerprint density at radius 1 is 1.20 bits per heavy atom. The van der Waals surface area contributed by atoms with E-state index >= 15 is 0 Å². The van der Waals surface area contributed by atoms with Crippen molar-refractivity contribution in [3.63, 3.8) is 0 Å². The fourth-order valence-electron chi connectivity index (χ4n) is 3.50. The Balaban J connectivity index is 1.71. The third kappa shape index (κ3) is 5.48. The summed E-state index contributed by atoms with van der Waals surface area (Å²) in [5.74, 6) is 1.58. The van der Waals surface area contributed by atoms with Crippen LogP contribution in [0.3, 0.4) is 0 Å². The van der Waals surface area contributed by atoms with Crippen molar-refractivity contribution < 1.29 is 4.74 Å². The van der Waals surface area contributed by atoms with E-state index in [-0.39, 0.29) is 0 Å². The van der Waals surface area contributed by atoms with Crippen LogP contribution >= 0.6 is 11.6 Å². The summed E-state index contributed by atoms with van der Waals surface area (Å²) < 4.78 is 8.17. The molecule has 1 aromatic heterocycles. The van der Waals surface area contributed by atoms with E-state index in [0.717, 1.165) is 41.2 Å². The van der Waals surface area contributed by atoms with E-state index in [4.69, 9.17) is 21.4 Å². The fraction of sp³-hybridized carbons (Fsp3) is 0.550. The lowest BCUT2D eigenvalue weighted by molar-refractivity contribution is 0.245. The molecule has 1 heterocycles. The number of nitrogens with zero attached hydrogens (tertiary/aromatic N) is 3. The van der Waals surface area contributed by atoms with Gasteiger partial charge in [0.2, 0.25) is 5.88 Å². The molecule has 3 rings (SSSR count). The minimum Gasteiger partial charge on any atom is -0.473 e. The lowest BCUT2D eigenvalue weighted by Gasteiger charge is -2.22. The van der Waals surface area contributed by atoms with E-state index in [1.807, 2.05) is 24.3 Å².